The number of anilines is 1. The first-order valence-electron chi connectivity index (χ1n) is 7.18. The van der Waals surface area contributed by atoms with Crippen LogP contribution in [0.15, 0.2) is 36.0 Å². The van der Waals surface area contributed by atoms with Crippen molar-refractivity contribution in [3.8, 4) is 0 Å². The van der Waals surface area contributed by atoms with E-state index in [2.05, 4.69) is 28.7 Å². The Morgan fingerprint density at radius 1 is 1.43 bits per heavy atom. The zero-order valence-electron chi connectivity index (χ0n) is 12.5. The van der Waals surface area contributed by atoms with Gasteiger partial charge in [-0.2, -0.15) is 0 Å². The third kappa shape index (κ3) is 4.29. The Hall–Kier alpha value is -1.88. The van der Waals surface area contributed by atoms with Gasteiger partial charge < -0.3 is 10.2 Å². The first-order chi connectivity index (χ1) is 10.2. The van der Waals surface area contributed by atoms with Crippen molar-refractivity contribution in [1.29, 1.82) is 0 Å². The van der Waals surface area contributed by atoms with Crippen LogP contribution in [0.4, 0.5) is 5.69 Å². The fourth-order valence-corrected chi connectivity index (χ4v) is 2.72. The summed E-state index contributed by atoms with van der Waals surface area (Å²) in [5.41, 5.74) is 1.50. The third-order valence-electron chi connectivity index (χ3n) is 3.24. The maximum Gasteiger partial charge on any atom is 0.255 e. The number of thiophene rings is 1. The van der Waals surface area contributed by atoms with Crippen LogP contribution in [0.25, 0.3) is 0 Å². The number of aromatic nitrogens is 1. The summed E-state index contributed by atoms with van der Waals surface area (Å²) in [5, 5.41) is 5.32. The molecule has 0 spiro atoms. The van der Waals surface area contributed by atoms with Crippen molar-refractivity contribution in [3.05, 3.63) is 46.4 Å². The second-order valence-corrected chi connectivity index (χ2v) is 5.94. The number of carbonyl (C=O) groups excluding carboxylic acids is 1. The summed E-state index contributed by atoms with van der Waals surface area (Å²) >= 11 is 1.73. The Morgan fingerprint density at radius 3 is 3.00 bits per heavy atom. The minimum Gasteiger partial charge on any atom is -0.383 e. The Bertz CT molecular complexity index is 569. The van der Waals surface area contributed by atoms with Crippen LogP contribution >= 0.6 is 11.3 Å². The van der Waals surface area contributed by atoms with E-state index in [-0.39, 0.29) is 5.91 Å². The molecule has 0 atom stereocenters. The molecule has 1 amide bonds. The van der Waals surface area contributed by atoms with E-state index in [1.807, 2.05) is 13.1 Å². The van der Waals surface area contributed by atoms with E-state index in [1.165, 1.54) is 4.88 Å². The molecule has 2 aromatic heterocycles. The molecule has 0 saturated heterocycles. The van der Waals surface area contributed by atoms with E-state index >= 15 is 0 Å². The van der Waals surface area contributed by atoms with Gasteiger partial charge in [-0.1, -0.05) is 13.0 Å². The number of likely N-dealkylation sites (N-methyl/N-ethyl adjacent to an activating group) is 1. The number of hydrogen-bond acceptors (Lipinski definition) is 4. The lowest BCUT2D eigenvalue weighted by Crippen LogP contribution is -2.29. The number of hydrogen-bond donors (Lipinski definition) is 1. The highest BCUT2D eigenvalue weighted by molar-refractivity contribution is 7.09. The van der Waals surface area contributed by atoms with Gasteiger partial charge in [0.25, 0.3) is 5.91 Å². The third-order valence-corrected chi connectivity index (χ3v) is 4.17. The van der Waals surface area contributed by atoms with Crippen molar-refractivity contribution in [2.75, 3.05) is 25.5 Å². The number of nitrogens with one attached hydrogen (secondary N) is 1. The van der Waals surface area contributed by atoms with Crippen molar-refractivity contribution in [1.82, 2.24) is 9.88 Å². The largest absolute Gasteiger partial charge is 0.383 e. The van der Waals surface area contributed by atoms with Gasteiger partial charge in [0, 0.05) is 31.2 Å². The molecule has 0 aromatic carbocycles. The summed E-state index contributed by atoms with van der Waals surface area (Å²) in [6, 6.07) is 5.92. The van der Waals surface area contributed by atoms with E-state index in [0.29, 0.717) is 5.56 Å². The van der Waals surface area contributed by atoms with Gasteiger partial charge in [-0.15, -0.1) is 11.3 Å². The molecule has 0 aliphatic carbocycles. The second-order valence-electron chi connectivity index (χ2n) is 4.90. The SMILES string of the molecule is CCCNc1cnccc1C(=O)N(C)CCc1cccs1. The van der Waals surface area contributed by atoms with Gasteiger partial charge in [-0.25, -0.2) is 0 Å². The topological polar surface area (TPSA) is 45.2 Å². The molecule has 0 radical (unpaired) electrons. The Balaban J connectivity index is 2.01. The van der Waals surface area contributed by atoms with Crippen LogP contribution in [0.2, 0.25) is 0 Å². The van der Waals surface area contributed by atoms with Crippen LogP contribution in [0.1, 0.15) is 28.6 Å². The van der Waals surface area contributed by atoms with Gasteiger partial charge in [0.15, 0.2) is 0 Å². The monoisotopic (exact) mass is 303 g/mol. The standard InChI is InChI=1S/C16H21N3OS/c1-3-8-18-15-12-17-9-6-14(15)16(20)19(2)10-7-13-5-4-11-21-13/h4-6,9,11-12,18H,3,7-8,10H2,1-2H3. The Labute approximate surface area is 129 Å². The molecule has 0 fully saturated rings. The molecule has 112 valence electrons. The van der Waals surface area contributed by atoms with Gasteiger partial charge in [-0.3, -0.25) is 9.78 Å². The van der Waals surface area contributed by atoms with E-state index in [1.54, 1.807) is 34.7 Å². The molecule has 0 saturated carbocycles. The normalized spacial score (nSPS) is 10.4. The van der Waals surface area contributed by atoms with Crippen molar-refractivity contribution in [3.63, 3.8) is 0 Å². The Kier molecular flexibility index (Phi) is 5.75. The van der Waals surface area contributed by atoms with Crippen molar-refractivity contribution in [2.24, 2.45) is 0 Å². The summed E-state index contributed by atoms with van der Waals surface area (Å²) < 4.78 is 0. The summed E-state index contributed by atoms with van der Waals surface area (Å²) in [4.78, 5) is 19.7. The molecular formula is C16H21N3OS. The smallest absolute Gasteiger partial charge is 0.255 e. The molecule has 2 heterocycles. The maximum atomic E-state index is 12.5. The Morgan fingerprint density at radius 2 is 2.29 bits per heavy atom. The summed E-state index contributed by atoms with van der Waals surface area (Å²) in [6.45, 7) is 3.65. The maximum absolute atomic E-state index is 12.5. The molecular weight excluding hydrogens is 282 g/mol. The molecule has 0 unspecified atom stereocenters. The molecule has 0 aliphatic heterocycles. The van der Waals surface area contributed by atoms with Crippen molar-refractivity contribution < 1.29 is 4.79 Å². The number of amides is 1. The zero-order valence-corrected chi connectivity index (χ0v) is 13.3. The number of rotatable bonds is 7. The molecule has 0 bridgehead atoms. The minimum atomic E-state index is 0.0348. The van der Waals surface area contributed by atoms with Crippen LogP contribution in [0, 0.1) is 0 Å². The van der Waals surface area contributed by atoms with Crippen LogP contribution in [-0.4, -0.2) is 35.9 Å². The van der Waals surface area contributed by atoms with Crippen molar-refractivity contribution in [2.45, 2.75) is 19.8 Å². The highest BCUT2D eigenvalue weighted by Gasteiger charge is 2.15. The number of carbonyl (C=O) groups is 1. The van der Waals surface area contributed by atoms with Crippen LogP contribution < -0.4 is 5.32 Å². The van der Waals surface area contributed by atoms with Gasteiger partial charge in [0.05, 0.1) is 17.4 Å². The highest BCUT2D eigenvalue weighted by Crippen LogP contribution is 2.16. The van der Waals surface area contributed by atoms with Crippen LogP contribution in [0.3, 0.4) is 0 Å². The fourth-order valence-electron chi connectivity index (χ4n) is 2.02. The van der Waals surface area contributed by atoms with Gasteiger partial charge in [0.1, 0.15) is 0 Å². The highest BCUT2D eigenvalue weighted by atomic mass is 32.1. The lowest BCUT2D eigenvalue weighted by atomic mass is 10.2. The quantitative estimate of drug-likeness (QED) is 0.854. The molecule has 2 aromatic rings. The molecule has 21 heavy (non-hydrogen) atoms. The van der Waals surface area contributed by atoms with Gasteiger partial charge in [-0.05, 0) is 30.4 Å². The first-order valence-corrected chi connectivity index (χ1v) is 8.06. The lowest BCUT2D eigenvalue weighted by molar-refractivity contribution is 0.0797. The van der Waals surface area contributed by atoms with Crippen LogP contribution in [-0.2, 0) is 6.42 Å². The summed E-state index contributed by atoms with van der Waals surface area (Å²) in [6.07, 6.45) is 5.28. The van der Waals surface area contributed by atoms with Gasteiger partial charge >= 0.3 is 0 Å². The van der Waals surface area contributed by atoms with E-state index in [4.69, 9.17) is 0 Å². The van der Waals surface area contributed by atoms with Crippen LogP contribution in [0.5, 0.6) is 0 Å². The minimum absolute atomic E-state index is 0.0348. The number of pyridine rings is 1. The van der Waals surface area contributed by atoms with Crippen molar-refractivity contribution >= 4 is 22.9 Å². The van der Waals surface area contributed by atoms with Gasteiger partial charge in [0.2, 0.25) is 0 Å². The lowest BCUT2D eigenvalue weighted by Gasteiger charge is -2.19. The van der Waals surface area contributed by atoms with E-state index in [9.17, 15) is 4.79 Å². The fraction of sp³-hybridized carbons (Fsp3) is 0.375. The van der Waals surface area contributed by atoms with E-state index in [0.717, 1.165) is 31.6 Å². The zero-order chi connectivity index (χ0) is 15.1. The second kappa shape index (κ2) is 7.78. The first kappa shape index (κ1) is 15.5. The average molecular weight is 303 g/mol. The predicted molar refractivity (Wildman–Crippen MR) is 88.0 cm³/mol. The van der Waals surface area contributed by atoms with E-state index < -0.39 is 0 Å². The average Bonchev–Trinajstić information content (AvgIpc) is 3.03. The molecule has 0 aliphatic rings. The number of nitrogens with zero attached hydrogens (tertiary/aromatic N) is 2. The summed E-state index contributed by atoms with van der Waals surface area (Å²) in [7, 11) is 1.85. The molecule has 1 N–H and O–H groups in total. The summed E-state index contributed by atoms with van der Waals surface area (Å²) in [5.74, 6) is 0.0348. The molecule has 5 heteroatoms. The molecule has 2 rings (SSSR count). The molecule has 4 nitrogen and oxygen atoms in total. The predicted octanol–water partition coefficient (Wildman–Crippen LogP) is 3.28.